The van der Waals surface area contributed by atoms with Gasteiger partial charge in [-0.1, -0.05) is 44.2 Å². The van der Waals surface area contributed by atoms with Crippen LogP contribution in [0.2, 0.25) is 0 Å². The van der Waals surface area contributed by atoms with Crippen molar-refractivity contribution in [2.75, 3.05) is 0 Å². The van der Waals surface area contributed by atoms with Gasteiger partial charge in [0.2, 0.25) is 0 Å². The molecule has 0 saturated carbocycles. The van der Waals surface area contributed by atoms with E-state index in [1.165, 1.54) is 11.1 Å². The highest BCUT2D eigenvalue weighted by Crippen LogP contribution is 2.22. The SMILES string of the molecule is Cc1ccoc1CNC(c1ccccc1)C(C)C. The van der Waals surface area contributed by atoms with Gasteiger partial charge in [-0.25, -0.2) is 0 Å². The molecular weight excluding hydrogens is 222 g/mol. The Labute approximate surface area is 109 Å². The van der Waals surface area contributed by atoms with Crippen molar-refractivity contribution >= 4 is 0 Å². The fraction of sp³-hybridized carbons (Fsp3) is 0.375. The van der Waals surface area contributed by atoms with Crippen LogP contribution >= 0.6 is 0 Å². The molecule has 0 spiro atoms. The Bertz CT molecular complexity index is 473. The average molecular weight is 243 g/mol. The summed E-state index contributed by atoms with van der Waals surface area (Å²) in [6.45, 7) is 7.32. The summed E-state index contributed by atoms with van der Waals surface area (Å²) in [5.41, 5.74) is 2.54. The summed E-state index contributed by atoms with van der Waals surface area (Å²) in [5, 5.41) is 3.58. The van der Waals surface area contributed by atoms with Gasteiger partial charge >= 0.3 is 0 Å². The molecule has 0 aliphatic carbocycles. The van der Waals surface area contributed by atoms with Crippen molar-refractivity contribution in [3.8, 4) is 0 Å². The Balaban J connectivity index is 2.06. The van der Waals surface area contributed by atoms with Crippen LogP contribution < -0.4 is 5.32 Å². The summed E-state index contributed by atoms with van der Waals surface area (Å²) in [7, 11) is 0. The van der Waals surface area contributed by atoms with Crippen LogP contribution in [-0.2, 0) is 6.54 Å². The third-order valence-corrected chi connectivity index (χ3v) is 3.28. The van der Waals surface area contributed by atoms with Crippen LogP contribution in [0.1, 0.15) is 36.8 Å². The predicted octanol–water partition coefficient (Wildman–Crippen LogP) is 4.07. The van der Waals surface area contributed by atoms with Crippen LogP contribution in [0.15, 0.2) is 47.1 Å². The predicted molar refractivity (Wildman–Crippen MR) is 74.3 cm³/mol. The summed E-state index contributed by atoms with van der Waals surface area (Å²) >= 11 is 0. The van der Waals surface area contributed by atoms with E-state index >= 15 is 0 Å². The first-order chi connectivity index (χ1) is 8.68. The molecule has 0 radical (unpaired) electrons. The van der Waals surface area contributed by atoms with E-state index < -0.39 is 0 Å². The highest BCUT2D eigenvalue weighted by molar-refractivity contribution is 5.20. The largest absolute Gasteiger partial charge is 0.468 e. The maximum Gasteiger partial charge on any atom is 0.120 e. The summed E-state index contributed by atoms with van der Waals surface area (Å²) in [4.78, 5) is 0. The number of benzene rings is 1. The summed E-state index contributed by atoms with van der Waals surface area (Å²) in [5.74, 6) is 1.57. The molecule has 0 fully saturated rings. The number of aryl methyl sites for hydroxylation is 1. The van der Waals surface area contributed by atoms with Crippen molar-refractivity contribution in [3.05, 3.63) is 59.5 Å². The second-order valence-corrected chi connectivity index (χ2v) is 5.04. The highest BCUT2D eigenvalue weighted by Gasteiger charge is 2.15. The molecule has 0 saturated heterocycles. The standard InChI is InChI=1S/C16H21NO/c1-12(2)16(14-7-5-4-6-8-14)17-11-15-13(3)9-10-18-15/h4-10,12,16-17H,11H2,1-3H3. The van der Waals surface area contributed by atoms with Gasteiger partial charge in [-0.3, -0.25) is 0 Å². The molecule has 1 N–H and O–H groups in total. The molecule has 2 heteroatoms. The van der Waals surface area contributed by atoms with Crippen LogP contribution in [-0.4, -0.2) is 0 Å². The minimum absolute atomic E-state index is 0.357. The van der Waals surface area contributed by atoms with Crippen molar-refractivity contribution in [2.24, 2.45) is 5.92 Å². The first-order valence-corrected chi connectivity index (χ1v) is 6.50. The van der Waals surface area contributed by atoms with Gasteiger partial charge < -0.3 is 9.73 Å². The maximum atomic E-state index is 5.47. The Hall–Kier alpha value is -1.54. The van der Waals surface area contributed by atoms with Crippen LogP contribution in [0, 0.1) is 12.8 Å². The first-order valence-electron chi connectivity index (χ1n) is 6.50. The molecular formula is C16H21NO. The zero-order chi connectivity index (χ0) is 13.0. The molecule has 1 heterocycles. The van der Waals surface area contributed by atoms with Gasteiger partial charge in [0, 0.05) is 6.04 Å². The molecule has 1 aromatic heterocycles. The van der Waals surface area contributed by atoms with E-state index in [1.54, 1.807) is 6.26 Å². The topological polar surface area (TPSA) is 25.2 Å². The summed E-state index contributed by atoms with van der Waals surface area (Å²) in [6, 6.07) is 12.9. The molecule has 2 rings (SSSR count). The summed E-state index contributed by atoms with van der Waals surface area (Å²) < 4.78 is 5.47. The van der Waals surface area contributed by atoms with E-state index in [0.29, 0.717) is 12.0 Å². The molecule has 1 unspecified atom stereocenters. The molecule has 96 valence electrons. The number of hydrogen-bond acceptors (Lipinski definition) is 2. The Morgan fingerprint density at radius 1 is 1.11 bits per heavy atom. The van der Waals surface area contributed by atoms with Crippen molar-refractivity contribution in [1.82, 2.24) is 5.32 Å². The normalized spacial score (nSPS) is 12.9. The number of furan rings is 1. The highest BCUT2D eigenvalue weighted by atomic mass is 16.3. The lowest BCUT2D eigenvalue weighted by atomic mass is 9.96. The molecule has 1 aromatic carbocycles. The van der Waals surface area contributed by atoms with Crippen LogP contribution in [0.3, 0.4) is 0 Å². The fourth-order valence-electron chi connectivity index (χ4n) is 2.19. The molecule has 0 aliphatic heterocycles. The molecule has 2 nitrogen and oxygen atoms in total. The maximum absolute atomic E-state index is 5.47. The van der Waals surface area contributed by atoms with Crippen molar-refractivity contribution in [1.29, 1.82) is 0 Å². The van der Waals surface area contributed by atoms with Gasteiger partial charge in [-0.2, -0.15) is 0 Å². The van der Waals surface area contributed by atoms with Gasteiger partial charge in [-0.05, 0) is 30.0 Å². The molecule has 1 atom stereocenters. The molecule has 2 aromatic rings. The lowest BCUT2D eigenvalue weighted by molar-refractivity contribution is 0.383. The van der Waals surface area contributed by atoms with Crippen LogP contribution in [0.25, 0.3) is 0 Å². The van der Waals surface area contributed by atoms with Crippen molar-refractivity contribution < 1.29 is 4.42 Å². The Morgan fingerprint density at radius 3 is 2.39 bits per heavy atom. The number of hydrogen-bond donors (Lipinski definition) is 1. The minimum atomic E-state index is 0.357. The van der Waals surface area contributed by atoms with Crippen molar-refractivity contribution in [2.45, 2.75) is 33.4 Å². The van der Waals surface area contributed by atoms with E-state index in [9.17, 15) is 0 Å². The average Bonchev–Trinajstić information content (AvgIpc) is 2.76. The van der Waals surface area contributed by atoms with Crippen LogP contribution in [0.4, 0.5) is 0 Å². The number of rotatable bonds is 5. The van der Waals surface area contributed by atoms with Gasteiger partial charge in [0.15, 0.2) is 0 Å². The number of nitrogens with one attached hydrogen (secondary N) is 1. The molecule has 0 amide bonds. The molecule has 18 heavy (non-hydrogen) atoms. The van der Waals surface area contributed by atoms with E-state index in [2.05, 4.69) is 56.4 Å². The quantitative estimate of drug-likeness (QED) is 0.856. The monoisotopic (exact) mass is 243 g/mol. The Morgan fingerprint density at radius 2 is 1.83 bits per heavy atom. The lowest BCUT2D eigenvalue weighted by Gasteiger charge is -2.22. The summed E-state index contributed by atoms with van der Waals surface area (Å²) in [6.07, 6.45) is 1.75. The van der Waals surface area contributed by atoms with Crippen LogP contribution in [0.5, 0.6) is 0 Å². The fourth-order valence-corrected chi connectivity index (χ4v) is 2.19. The first kappa shape index (κ1) is 12.9. The lowest BCUT2D eigenvalue weighted by Crippen LogP contribution is -2.25. The third kappa shape index (κ3) is 3.02. The van der Waals surface area contributed by atoms with E-state index in [0.717, 1.165) is 12.3 Å². The van der Waals surface area contributed by atoms with E-state index in [4.69, 9.17) is 4.42 Å². The Kier molecular flexibility index (Phi) is 4.21. The second kappa shape index (κ2) is 5.87. The van der Waals surface area contributed by atoms with E-state index in [-0.39, 0.29) is 0 Å². The van der Waals surface area contributed by atoms with Gasteiger partial charge in [0.25, 0.3) is 0 Å². The zero-order valence-corrected chi connectivity index (χ0v) is 11.3. The van der Waals surface area contributed by atoms with E-state index in [1.807, 2.05) is 6.07 Å². The van der Waals surface area contributed by atoms with Gasteiger partial charge in [-0.15, -0.1) is 0 Å². The van der Waals surface area contributed by atoms with Gasteiger partial charge in [0.05, 0.1) is 12.8 Å². The minimum Gasteiger partial charge on any atom is -0.468 e. The molecule has 0 aliphatic rings. The smallest absolute Gasteiger partial charge is 0.120 e. The molecule has 0 bridgehead atoms. The van der Waals surface area contributed by atoms with Crippen molar-refractivity contribution in [3.63, 3.8) is 0 Å². The van der Waals surface area contributed by atoms with Gasteiger partial charge in [0.1, 0.15) is 5.76 Å². The second-order valence-electron chi connectivity index (χ2n) is 5.04. The third-order valence-electron chi connectivity index (χ3n) is 3.28. The zero-order valence-electron chi connectivity index (χ0n) is 11.3.